The predicted octanol–water partition coefficient (Wildman–Crippen LogP) is 0.896. The zero-order chi connectivity index (χ0) is 7.40. The molecule has 0 saturated heterocycles. The molecule has 1 rings (SSSR count). The Balaban J connectivity index is 2.25. The van der Waals surface area contributed by atoms with Crippen molar-refractivity contribution in [1.82, 2.24) is 0 Å². The van der Waals surface area contributed by atoms with Crippen molar-refractivity contribution in [3.63, 3.8) is 0 Å². The first-order valence-electron chi connectivity index (χ1n) is 4.27. The average molecular weight is 264 g/mol. The predicted molar refractivity (Wildman–Crippen MR) is 52.2 cm³/mol. The fourth-order valence-corrected chi connectivity index (χ4v) is 3.63. The van der Waals surface area contributed by atoms with Gasteiger partial charge < -0.3 is 0 Å². The van der Waals surface area contributed by atoms with E-state index in [4.69, 9.17) is 0 Å². The van der Waals surface area contributed by atoms with Crippen LogP contribution in [0.2, 0.25) is 10.4 Å². The Bertz CT molecular complexity index is 83.3. The Morgan fingerprint density at radius 3 is 1.90 bits per heavy atom. The second-order valence-corrected chi connectivity index (χ2v) is 5.35. The fourth-order valence-electron chi connectivity index (χ4n) is 1.83. The first-order valence-corrected chi connectivity index (χ1v) is 7.69. The van der Waals surface area contributed by atoms with Crippen LogP contribution in [0.15, 0.2) is 0 Å². The van der Waals surface area contributed by atoms with Gasteiger partial charge in [-0.15, -0.1) is 0 Å². The third-order valence-electron chi connectivity index (χ3n) is 2.56. The van der Waals surface area contributed by atoms with Crippen LogP contribution in [0.5, 0.6) is 0 Å². The Labute approximate surface area is 81.5 Å². The molecule has 1 saturated carbocycles. The summed E-state index contributed by atoms with van der Waals surface area (Å²) in [6.45, 7) is 0. The van der Waals surface area contributed by atoms with E-state index in [0.717, 1.165) is 11.8 Å². The third-order valence-corrected chi connectivity index (χ3v) is 5.36. The molecule has 0 aromatic rings. The topological polar surface area (TPSA) is 0 Å². The summed E-state index contributed by atoms with van der Waals surface area (Å²) in [5, 5.41) is 2.97. The van der Waals surface area contributed by atoms with E-state index in [1.165, 1.54) is 29.7 Å². The molecule has 1 fully saturated rings. The normalized spacial score (nSPS) is 34.2. The van der Waals surface area contributed by atoms with Crippen LogP contribution in [-0.2, 0) is 0 Å². The summed E-state index contributed by atoms with van der Waals surface area (Å²) in [5.41, 5.74) is 0. The Morgan fingerprint density at radius 2 is 1.50 bits per heavy atom. The molecule has 0 radical (unpaired) electrons. The Morgan fingerprint density at radius 1 is 1.00 bits per heavy atom. The van der Waals surface area contributed by atoms with E-state index in [2.05, 4.69) is 0 Å². The van der Waals surface area contributed by atoms with Gasteiger partial charge >= 0.3 is 81.6 Å². The minimum atomic E-state index is 1.11. The zero-order valence-electron chi connectivity index (χ0n) is 6.55. The van der Waals surface area contributed by atoms with E-state index in [-0.39, 0.29) is 0 Å². The molecule has 0 N–H and O–H groups in total. The summed E-state index contributed by atoms with van der Waals surface area (Å²) in [6.07, 6.45) is 6.13. The molecule has 0 aliphatic heterocycles. The molecular weight excluding hydrogens is 246 g/mol. The van der Waals surface area contributed by atoms with Gasteiger partial charge in [0.05, 0.1) is 0 Å². The van der Waals surface area contributed by atoms with Gasteiger partial charge in [0, 0.05) is 0 Å². The minimum absolute atomic E-state index is 1.11. The van der Waals surface area contributed by atoms with Crippen LogP contribution in [0, 0.1) is 11.8 Å². The van der Waals surface area contributed by atoms with Crippen molar-refractivity contribution in [3.8, 4) is 0 Å². The van der Waals surface area contributed by atoms with Crippen molar-refractivity contribution >= 4 is 33.7 Å². The standard InChI is InChI=1S/C8H18As2/c9-5-7-2-1-3-8(4-7)6-10/h7-8H,1-6,9-10H2. The van der Waals surface area contributed by atoms with Gasteiger partial charge in [0.2, 0.25) is 0 Å². The van der Waals surface area contributed by atoms with Crippen LogP contribution in [0.4, 0.5) is 0 Å². The molecule has 2 heteroatoms. The second kappa shape index (κ2) is 4.89. The Kier molecular flexibility index (Phi) is 4.50. The molecule has 1 aliphatic rings. The number of hydrogen-bond acceptors (Lipinski definition) is 0. The molecule has 0 aromatic heterocycles. The summed E-state index contributed by atoms with van der Waals surface area (Å²) in [7, 11) is 0. The molecular formula is C8H18As2. The van der Waals surface area contributed by atoms with Crippen molar-refractivity contribution in [2.45, 2.75) is 36.1 Å². The van der Waals surface area contributed by atoms with Crippen molar-refractivity contribution in [2.75, 3.05) is 0 Å². The molecule has 0 spiro atoms. The fraction of sp³-hybridized carbons (Fsp3) is 1.00. The zero-order valence-corrected chi connectivity index (χ0v) is 11.4. The first-order chi connectivity index (χ1) is 4.86. The summed E-state index contributed by atoms with van der Waals surface area (Å²) < 4.78 is 0. The van der Waals surface area contributed by atoms with Crippen LogP contribution >= 0.6 is 0 Å². The van der Waals surface area contributed by atoms with E-state index in [1.807, 2.05) is 33.7 Å². The number of hydrogen-bond donors (Lipinski definition) is 0. The first kappa shape index (κ1) is 9.21. The van der Waals surface area contributed by atoms with E-state index >= 15 is 0 Å². The molecule has 4 atom stereocenters. The molecule has 1 aliphatic carbocycles. The summed E-state index contributed by atoms with van der Waals surface area (Å²) >= 11 is 3.86. The van der Waals surface area contributed by atoms with Crippen LogP contribution < -0.4 is 0 Å². The van der Waals surface area contributed by atoms with Gasteiger partial charge in [0.25, 0.3) is 0 Å². The number of rotatable bonds is 2. The molecule has 4 unspecified atom stereocenters. The molecule has 0 heterocycles. The average Bonchev–Trinajstić information content (AvgIpc) is 2.05. The SMILES string of the molecule is [AsH2]CC1CCCC(C[AsH2])C1. The van der Waals surface area contributed by atoms with E-state index < -0.39 is 0 Å². The van der Waals surface area contributed by atoms with Crippen LogP contribution in [-0.4, -0.2) is 33.7 Å². The van der Waals surface area contributed by atoms with Crippen molar-refractivity contribution in [2.24, 2.45) is 11.8 Å². The van der Waals surface area contributed by atoms with Gasteiger partial charge in [-0.1, -0.05) is 0 Å². The summed E-state index contributed by atoms with van der Waals surface area (Å²) in [4.78, 5) is 0. The van der Waals surface area contributed by atoms with Gasteiger partial charge in [-0.2, -0.15) is 0 Å². The molecule has 0 nitrogen and oxygen atoms in total. The van der Waals surface area contributed by atoms with E-state index in [1.54, 1.807) is 6.42 Å². The van der Waals surface area contributed by atoms with E-state index in [9.17, 15) is 0 Å². The molecule has 60 valence electrons. The Hall–Kier alpha value is 1.12. The second-order valence-electron chi connectivity index (χ2n) is 3.37. The van der Waals surface area contributed by atoms with Gasteiger partial charge in [-0.05, 0) is 0 Å². The summed E-state index contributed by atoms with van der Waals surface area (Å²) in [6, 6.07) is 0. The van der Waals surface area contributed by atoms with Crippen molar-refractivity contribution in [3.05, 3.63) is 0 Å². The molecule has 10 heavy (non-hydrogen) atoms. The van der Waals surface area contributed by atoms with Crippen molar-refractivity contribution < 1.29 is 0 Å². The maximum atomic E-state index is 1.93. The van der Waals surface area contributed by atoms with Crippen LogP contribution in [0.1, 0.15) is 25.7 Å². The quantitative estimate of drug-likeness (QED) is 0.650. The summed E-state index contributed by atoms with van der Waals surface area (Å²) in [5.74, 6) is 2.21. The van der Waals surface area contributed by atoms with Gasteiger partial charge in [0.15, 0.2) is 0 Å². The molecule has 0 bridgehead atoms. The van der Waals surface area contributed by atoms with Crippen LogP contribution in [0.25, 0.3) is 0 Å². The van der Waals surface area contributed by atoms with Crippen molar-refractivity contribution in [1.29, 1.82) is 0 Å². The van der Waals surface area contributed by atoms with Gasteiger partial charge in [-0.25, -0.2) is 0 Å². The monoisotopic (exact) mass is 264 g/mol. The molecule has 0 aromatic carbocycles. The van der Waals surface area contributed by atoms with Gasteiger partial charge in [0.1, 0.15) is 0 Å². The maximum absolute atomic E-state index is 1.93. The van der Waals surface area contributed by atoms with Gasteiger partial charge in [-0.3, -0.25) is 0 Å². The third kappa shape index (κ3) is 2.63. The molecule has 0 amide bonds. The van der Waals surface area contributed by atoms with Crippen LogP contribution in [0.3, 0.4) is 0 Å². The van der Waals surface area contributed by atoms with E-state index in [0.29, 0.717) is 0 Å².